The molecule has 0 unspecified atom stereocenters. The van der Waals surface area contributed by atoms with Crippen molar-refractivity contribution in [2.75, 3.05) is 0 Å². The summed E-state index contributed by atoms with van der Waals surface area (Å²) in [6.07, 6.45) is 5.06. The molecule has 0 aliphatic rings. The SMILES string of the molecule is Cl.NS(=O)(=O)Oc1ccc(-n2ccnc2)cc1. The highest BCUT2D eigenvalue weighted by Gasteiger charge is 2.04. The Labute approximate surface area is 105 Å². The summed E-state index contributed by atoms with van der Waals surface area (Å²) in [4.78, 5) is 3.90. The van der Waals surface area contributed by atoms with Crippen molar-refractivity contribution >= 4 is 22.7 Å². The van der Waals surface area contributed by atoms with Gasteiger partial charge in [0.25, 0.3) is 0 Å². The molecule has 2 rings (SSSR count). The molecular formula is C9H10ClN3O3S. The zero-order chi connectivity index (χ0) is 11.6. The molecule has 0 saturated heterocycles. The Morgan fingerprint density at radius 1 is 1.24 bits per heavy atom. The number of nitrogens with zero attached hydrogens (tertiary/aromatic N) is 2. The number of aromatic nitrogens is 2. The monoisotopic (exact) mass is 275 g/mol. The highest BCUT2D eigenvalue weighted by Crippen LogP contribution is 2.15. The molecule has 0 bridgehead atoms. The molecule has 6 nitrogen and oxygen atoms in total. The molecule has 17 heavy (non-hydrogen) atoms. The number of rotatable bonds is 3. The Morgan fingerprint density at radius 2 is 1.88 bits per heavy atom. The molecule has 0 amide bonds. The van der Waals surface area contributed by atoms with Gasteiger partial charge in [0, 0.05) is 18.1 Å². The fraction of sp³-hybridized carbons (Fsp3) is 0. The number of hydrogen-bond acceptors (Lipinski definition) is 4. The van der Waals surface area contributed by atoms with Crippen LogP contribution < -0.4 is 9.32 Å². The van der Waals surface area contributed by atoms with Crippen LogP contribution in [0.1, 0.15) is 0 Å². The Kier molecular flexibility index (Phi) is 4.11. The highest BCUT2D eigenvalue weighted by molar-refractivity contribution is 7.84. The minimum absolute atomic E-state index is 0. The minimum Gasteiger partial charge on any atom is -0.371 e. The number of hydrogen-bond donors (Lipinski definition) is 1. The fourth-order valence-electron chi connectivity index (χ4n) is 1.22. The van der Waals surface area contributed by atoms with Gasteiger partial charge in [-0.2, -0.15) is 13.6 Å². The van der Waals surface area contributed by atoms with Crippen LogP contribution in [-0.4, -0.2) is 18.0 Å². The molecule has 1 aromatic heterocycles. The topological polar surface area (TPSA) is 87.2 Å². The lowest BCUT2D eigenvalue weighted by Crippen LogP contribution is -2.18. The molecular weight excluding hydrogens is 266 g/mol. The van der Waals surface area contributed by atoms with Crippen molar-refractivity contribution in [1.29, 1.82) is 0 Å². The summed E-state index contributed by atoms with van der Waals surface area (Å²) in [6.45, 7) is 0. The Balaban J connectivity index is 0.00000144. The molecule has 0 aliphatic carbocycles. The minimum atomic E-state index is -3.96. The molecule has 2 aromatic rings. The van der Waals surface area contributed by atoms with Crippen molar-refractivity contribution in [1.82, 2.24) is 9.55 Å². The number of benzene rings is 1. The van der Waals surface area contributed by atoms with Gasteiger partial charge in [0.2, 0.25) is 0 Å². The third-order valence-electron chi connectivity index (χ3n) is 1.85. The van der Waals surface area contributed by atoms with Crippen molar-refractivity contribution in [3.05, 3.63) is 43.0 Å². The second-order valence-electron chi connectivity index (χ2n) is 3.04. The Hall–Kier alpha value is -1.57. The van der Waals surface area contributed by atoms with Crippen LogP contribution in [0.2, 0.25) is 0 Å². The summed E-state index contributed by atoms with van der Waals surface area (Å²) in [5.41, 5.74) is 0.847. The maximum Gasteiger partial charge on any atom is 0.380 e. The first-order valence-electron chi connectivity index (χ1n) is 4.35. The normalized spacial score (nSPS) is 10.6. The van der Waals surface area contributed by atoms with Crippen molar-refractivity contribution < 1.29 is 12.6 Å². The summed E-state index contributed by atoms with van der Waals surface area (Å²) in [6, 6.07) is 6.42. The lowest BCUT2D eigenvalue weighted by atomic mass is 10.3. The number of imidazole rings is 1. The van der Waals surface area contributed by atoms with E-state index >= 15 is 0 Å². The third-order valence-corrected chi connectivity index (χ3v) is 2.28. The summed E-state index contributed by atoms with van der Waals surface area (Å²) in [5.74, 6) is 0.173. The van der Waals surface area contributed by atoms with E-state index in [1.807, 2.05) is 0 Å². The van der Waals surface area contributed by atoms with E-state index in [-0.39, 0.29) is 18.2 Å². The third kappa shape index (κ3) is 3.74. The van der Waals surface area contributed by atoms with Crippen LogP contribution in [0, 0.1) is 0 Å². The second kappa shape index (κ2) is 5.17. The average molecular weight is 276 g/mol. The molecule has 8 heteroatoms. The van der Waals surface area contributed by atoms with Gasteiger partial charge in [-0.1, -0.05) is 0 Å². The van der Waals surface area contributed by atoms with Crippen LogP contribution in [0.4, 0.5) is 0 Å². The summed E-state index contributed by atoms with van der Waals surface area (Å²) in [7, 11) is -3.96. The molecule has 0 spiro atoms. The molecule has 0 atom stereocenters. The van der Waals surface area contributed by atoms with Crippen LogP contribution in [0.25, 0.3) is 5.69 Å². The maximum atomic E-state index is 10.7. The molecule has 0 aliphatic heterocycles. The van der Waals surface area contributed by atoms with E-state index in [1.165, 1.54) is 12.1 Å². The first kappa shape index (κ1) is 13.5. The van der Waals surface area contributed by atoms with Crippen LogP contribution in [-0.2, 0) is 10.3 Å². The largest absolute Gasteiger partial charge is 0.380 e. The molecule has 2 N–H and O–H groups in total. The number of halogens is 1. The Morgan fingerprint density at radius 3 is 2.35 bits per heavy atom. The van der Waals surface area contributed by atoms with Gasteiger partial charge in [-0.05, 0) is 24.3 Å². The van der Waals surface area contributed by atoms with E-state index in [1.54, 1.807) is 35.4 Å². The predicted octanol–water partition coefficient (Wildman–Crippen LogP) is 0.876. The van der Waals surface area contributed by atoms with E-state index in [4.69, 9.17) is 5.14 Å². The van der Waals surface area contributed by atoms with Gasteiger partial charge in [-0.15, -0.1) is 12.4 Å². The molecule has 1 heterocycles. The molecule has 1 aromatic carbocycles. The van der Waals surface area contributed by atoms with Gasteiger partial charge in [-0.3, -0.25) is 0 Å². The van der Waals surface area contributed by atoms with Crippen LogP contribution in [0.3, 0.4) is 0 Å². The van der Waals surface area contributed by atoms with E-state index in [2.05, 4.69) is 9.17 Å². The first-order valence-corrected chi connectivity index (χ1v) is 5.82. The van der Waals surface area contributed by atoms with Gasteiger partial charge in [0.05, 0.1) is 6.33 Å². The van der Waals surface area contributed by atoms with Crippen LogP contribution in [0.5, 0.6) is 5.75 Å². The summed E-state index contributed by atoms with van der Waals surface area (Å²) in [5, 5.41) is 4.73. The average Bonchev–Trinajstić information content (AvgIpc) is 2.69. The molecule has 92 valence electrons. The fourth-order valence-corrected chi connectivity index (χ4v) is 1.60. The smallest absolute Gasteiger partial charge is 0.371 e. The van der Waals surface area contributed by atoms with Crippen LogP contribution >= 0.6 is 12.4 Å². The Bertz CT molecular complexity index is 566. The van der Waals surface area contributed by atoms with E-state index in [0.29, 0.717) is 0 Å². The standard InChI is InChI=1S/C9H9N3O3S.ClH/c10-16(13,14)15-9-3-1-8(2-4-9)12-6-5-11-7-12;/h1-7H,(H2,10,13,14);1H. The van der Waals surface area contributed by atoms with Gasteiger partial charge >= 0.3 is 10.3 Å². The predicted molar refractivity (Wildman–Crippen MR) is 64.5 cm³/mol. The van der Waals surface area contributed by atoms with Crippen molar-refractivity contribution in [3.63, 3.8) is 0 Å². The highest BCUT2D eigenvalue weighted by atomic mass is 35.5. The summed E-state index contributed by atoms with van der Waals surface area (Å²) >= 11 is 0. The zero-order valence-corrected chi connectivity index (χ0v) is 10.2. The van der Waals surface area contributed by atoms with Gasteiger partial charge in [0.1, 0.15) is 5.75 Å². The van der Waals surface area contributed by atoms with E-state index in [0.717, 1.165) is 5.69 Å². The maximum absolute atomic E-state index is 10.7. The van der Waals surface area contributed by atoms with Crippen molar-refractivity contribution in [3.8, 4) is 11.4 Å². The first-order chi connectivity index (χ1) is 7.54. The quantitative estimate of drug-likeness (QED) is 0.901. The zero-order valence-electron chi connectivity index (χ0n) is 8.55. The lowest BCUT2D eigenvalue weighted by Gasteiger charge is -2.04. The van der Waals surface area contributed by atoms with E-state index in [9.17, 15) is 8.42 Å². The lowest BCUT2D eigenvalue weighted by molar-refractivity contribution is 0.487. The number of nitrogens with two attached hydrogens (primary N) is 1. The van der Waals surface area contributed by atoms with Gasteiger partial charge in [-0.25, -0.2) is 4.98 Å². The van der Waals surface area contributed by atoms with Crippen LogP contribution in [0.15, 0.2) is 43.0 Å². The van der Waals surface area contributed by atoms with E-state index < -0.39 is 10.3 Å². The molecule has 0 saturated carbocycles. The molecule has 0 fully saturated rings. The summed E-state index contributed by atoms with van der Waals surface area (Å²) < 4.78 is 27.6. The second-order valence-corrected chi connectivity index (χ2v) is 4.19. The van der Waals surface area contributed by atoms with Crippen molar-refractivity contribution in [2.45, 2.75) is 0 Å². The van der Waals surface area contributed by atoms with Gasteiger partial charge in [0.15, 0.2) is 0 Å². The van der Waals surface area contributed by atoms with Crippen molar-refractivity contribution in [2.24, 2.45) is 5.14 Å². The van der Waals surface area contributed by atoms with Gasteiger partial charge < -0.3 is 8.75 Å². The molecule has 0 radical (unpaired) electrons.